The molecule has 0 saturated carbocycles. The molecule has 0 N–H and O–H groups in total. The molecule has 120 heavy (non-hydrogen) atoms. The van der Waals surface area contributed by atoms with E-state index in [0.717, 1.165) is 62.3 Å². The molecule has 15 aromatic carbocycles. The molecule has 0 radical (unpaired) electrons. The number of rotatable bonds is 9. The van der Waals surface area contributed by atoms with Crippen LogP contribution in [0, 0.1) is 0 Å². The molecule has 0 spiro atoms. The van der Waals surface area contributed by atoms with Gasteiger partial charge in [0.2, 0.25) is 0 Å². The quantitative estimate of drug-likeness (QED) is 0.134. The van der Waals surface area contributed by atoms with Gasteiger partial charge in [0.15, 0.2) is 0 Å². The van der Waals surface area contributed by atoms with Crippen molar-refractivity contribution in [2.45, 2.75) is 157 Å². The van der Waals surface area contributed by atoms with Gasteiger partial charge in [0, 0.05) is 77.8 Å². The summed E-state index contributed by atoms with van der Waals surface area (Å²) in [4.78, 5) is 5.32. The average molecular weight is 1560 g/mol. The van der Waals surface area contributed by atoms with E-state index in [1.165, 1.54) is 149 Å². The Hall–Kier alpha value is -12.6. The number of nitrogens with zero attached hydrogens (tertiary/aromatic N) is 5. The van der Waals surface area contributed by atoms with E-state index >= 15 is 0 Å². The third kappa shape index (κ3) is 12.6. The van der Waals surface area contributed by atoms with Gasteiger partial charge in [-0.3, -0.25) is 0 Å². The van der Waals surface area contributed by atoms with Crippen LogP contribution in [0.5, 0.6) is 0 Å². The summed E-state index contributed by atoms with van der Waals surface area (Å²) in [6.45, 7) is 42.0. The number of aromatic nitrogens is 3. The zero-order valence-electron chi connectivity index (χ0n) is 72.8. The maximum absolute atomic E-state index is 2.66. The first-order valence-corrected chi connectivity index (χ1v) is 43.1. The van der Waals surface area contributed by atoms with Crippen LogP contribution in [0.4, 0.5) is 34.1 Å². The lowest BCUT2D eigenvalue weighted by molar-refractivity contribution is 0.590. The van der Waals surface area contributed by atoms with Gasteiger partial charge in [-0.1, -0.05) is 343 Å². The van der Waals surface area contributed by atoms with Crippen molar-refractivity contribution in [3.63, 3.8) is 0 Å². The maximum atomic E-state index is 2.66. The number of anilines is 6. The SMILES string of the molecule is CC(C)(C)c1ccc2c3ccc(C(C)(C)C)cc3n(-c3ccc4c(c3)N(c3ccc(-c5ccccc5-c5ccccc5)cc3)c3cc(-n5c6cc(C(C)(C)C)ccc6c6ccc(C(C)(C)C)cc65)cc5c3B4c3ccc(-n4c6cc(C(C)(C)C)ccc6c6ccc(C(C)(C)C)cc64)cc3N5c3ccc(-c4ccccc4-c4ccccc4)cc3)c2c1. The summed E-state index contributed by atoms with van der Waals surface area (Å²) in [6.07, 6.45) is 0. The van der Waals surface area contributed by atoms with Crippen LogP contribution in [-0.2, 0) is 32.5 Å². The molecule has 6 heteroatoms. The van der Waals surface area contributed by atoms with Gasteiger partial charge in [0.25, 0.3) is 6.71 Å². The Labute approximate surface area is 708 Å². The second-order valence-electron chi connectivity index (χ2n) is 40.3. The predicted octanol–water partition coefficient (Wildman–Crippen LogP) is 29.5. The van der Waals surface area contributed by atoms with Crippen molar-refractivity contribution in [3.8, 4) is 61.6 Å². The Kier molecular flexibility index (Phi) is 17.4. The third-order valence-electron chi connectivity index (χ3n) is 26.2. The number of hydrogen-bond donors (Lipinski definition) is 0. The zero-order valence-corrected chi connectivity index (χ0v) is 72.8. The van der Waals surface area contributed by atoms with E-state index in [4.69, 9.17) is 0 Å². The van der Waals surface area contributed by atoms with Gasteiger partial charge in [-0.05, 0) is 224 Å². The van der Waals surface area contributed by atoms with E-state index in [1.807, 2.05) is 0 Å². The first kappa shape index (κ1) is 76.1. The van der Waals surface area contributed by atoms with E-state index in [9.17, 15) is 0 Å². The van der Waals surface area contributed by atoms with E-state index < -0.39 is 0 Å². The molecule has 5 heterocycles. The fourth-order valence-corrected chi connectivity index (χ4v) is 19.4. The van der Waals surface area contributed by atoms with Crippen LogP contribution in [-0.4, -0.2) is 20.4 Å². The predicted molar refractivity (Wildman–Crippen MR) is 517 cm³/mol. The standard InChI is InChI=1S/C114H106BN5/c1-109(2,3)75-41-53-90-91-54-42-76(110(4,5)6)62-99(91)118(98(90)61-75)83-51-59-96-104(67-83)116(81-47-37-73(38-48-81)88-35-27-25-33-86(88)71-29-21-19-22-30-71)106-69-85(120-102-65-79(113(13,14)15)45-57-94(102)95-58-46-80(66-103(95)120)114(16,17)18)70-107-108(106)115(96)97-60-52-84(119-100-63-77(111(7,8)9)43-55-92(100)93-56-44-78(64-101(93)119)112(10,11)12)68-105(97)117(107)82-49-39-74(40-50-82)89-36-28-26-34-87(89)72-31-23-20-24-32-72/h19-70H,1-18H3. The molecule has 2 aliphatic rings. The Morgan fingerprint density at radius 2 is 0.417 bits per heavy atom. The van der Waals surface area contributed by atoms with Crippen molar-refractivity contribution >= 4 is 123 Å². The summed E-state index contributed by atoms with van der Waals surface area (Å²) < 4.78 is 7.83. The molecule has 0 aliphatic carbocycles. The van der Waals surface area contributed by atoms with Gasteiger partial charge >= 0.3 is 0 Å². The van der Waals surface area contributed by atoms with Crippen LogP contribution in [0.1, 0.15) is 158 Å². The van der Waals surface area contributed by atoms with Crippen LogP contribution in [0.15, 0.2) is 315 Å². The molecule has 0 unspecified atom stereocenters. The maximum Gasteiger partial charge on any atom is 0.252 e. The summed E-state index contributed by atoms with van der Waals surface area (Å²) in [5, 5.41) is 7.43. The molecule has 590 valence electrons. The van der Waals surface area contributed by atoms with Gasteiger partial charge in [-0.15, -0.1) is 0 Å². The Morgan fingerprint density at radius 3 is 0.675 bits per heavy atom. The van der Waals surface area contributed by atoms with Crippen LogP contribution in [0.3, 0.4) is 0 Å². The van der Waals surface area contributed by atoms with Crippen LogP contribution >= 0.6 is 0 Å². The van der Waals surface area contributed by atoms with Crippen molar-refractivity contribution in [2.24, 2.45) is 0 Å². The van der Waals surface area contributed by atoms with Gasteiger partial charge < -0.3 is 23.5 Å². The van der Waals surface area contributed by atoms with Crippen LogP contribution in [0.2, 0.25) is 0 Å². The Morgan fingerprint density at radius 1 is 0.192 bits per heavy atom. The highest BCUT2D eigenvalue weighted by molar-refractivity contribution is 7.00. The molecule has 18 aromatic rings. The van der Waals surface area contributed by atoms with Crippen LogP contribution < -0.4 is 26.2 Å². The van der Waals surface area contributed by atoms with E-state index in [2.05, 4.69) is 464 Å². The van der Waals surface area contributed by atoms with E-state index in [1.54, 1.807) is 0 Å². The lowest BCUT2D eigenvalue weighted by atomic mass is 9.33. The van der Waals surface area contributed by atoms with Crippen molar-refractivity contribution in [2.75, 3.05) is 9.80 Å². The topological polar surface area (TPSA) is 21.3 Å². The van der Waals surface area contributed by atoms with Gasteiger partial charge in [0.1, 0.15) is 0 Å². The Balaban J connectivity index is 0.934. The number of hydrogen-bond acceptors (Lipinski definition) is 2. The molecule has 0 fully saturated rings. The first-order chi connectivity index (χ1) is 57.3. The molecule has 2 aliphatic heterocycles. The summed E-state index contributed by atoms with van der Waals surface area (Å²) in [7, 11) is 0. The Bertz CT molecular complexity index is 6620. The summed E-state index contributed by atoms with van der Waals surface area (Å²) in [5.41, 5.74) is 37.3. The molecule has 0 saturated heterocycles. The minimum atomic E-state index is -0.256. The molecule has 0 bridgehead atoms. The highest BCUT2D eigenvalue weighted by Crippen LogP contribution is 2.51. The van der Waals surface area contributed by atoms with Crippen molar-refractivity contribution in [3.05, 3.63) is 349 Å². The monoisotopic (exact) mass is 1560 g/mol. The summed E-state index contributed by atoms with van der Waals surface area (Å²) in [5.74, 6) is 0. The third-order valence-corrected chi connectivity index (χ3v) is 26.2. The zero-order chi connectivity index (χ0) is 83.2. The molecule has 3 aromatic heterocycles. The van der Waals surface area contributed by atoms with Crippen molar-refractivity contribution in [1.82, 2.24) is 13.7 Å². The molecular weight excluding hydrogens is 1450 g/mol. The van der Waals surface area contributed by atoms with Crippen molar-refractivity contribution in [1.29, 1.82) is 0 Å². The summed E-state index contributed by atoms with van der Waals surface area (Å²) >= 11 is 0. The molecule has 0 amide bonds. The highest BCUT2D eigenvalue weighted by Gasteiger charge is 2.45. The highest BCUT2D eigenvalue weighted by atomic mass is 15.2. The van der Waals surface area contributed by atoms with Crippen LogP contribution in [0.25, 0.3) is 127 Å². The minimum absolute atomic E-state index is 0.102. The largest absolute Gasteiger partial charge is 0.311 e. The fraction of sp³-hybridized carbons (Fsp3) is 0.211. The van der Waals surface area contributed by atoms with Crippen molar-refractivity contribution < 1.29 is 0 Å². The smallest absolute Gasteiger partial charge is 0.252 e. The molecule has 5 nitrogen and oxygen atoms in total. The van der Waals surface area contributed by atoms with E-state index in [-0.39, 0.29) is 39.2 Å². The van der Waals surface area contributed by atoms with Gasteiger partial charge in [0.05, 0.1) is 38.8 Å². The lowest BCUT2D eigenvalue weighted by Gasteiger charge is -2.44. The second-order valence-corrected chi connectivity index (χ2v) is 40.3. The normalized spacial score (nSPS) is 13.4. The first-order valence-electron chi connectivity index (χ1n) is 43.1. The molecule has 0 atom stereocenters. The number of fused-ring (bicyclic) bond motifs is 13. The average Bonchev–Trinajstić information content (AvgIpc) is 0.885. The summed E-state index contributed by atoms with van der Waals surface area (Å²) in [6, 6.07) is 122. The fourth-order valence-electron chi connectivity index (χ4n) is 19.4. The van der Waals surface area contributed by atoms with E-state index in [0.29, 0.717) is 0 Å². The minimum Gasteiger partial charge on any atom is -0.311 e. The lowest BCUT2D eigenvalue weighted by Crippen LogP contribution is -2.61. The molecule has 20 rings (SSSR count). The second kappa shape index (κ2) is 27.5. The number of benzene rings is 15. The van der Waals surface area contributed by atoms with Gasteiger partial charge in [-0.25, -0.2) is 0 Å². The van der Waals surface area contributed by atoms with Gasteiger partial charge in [-0.2, -0.15) is 0 Å². The molecular formula is C114H106BN5.